The molecule has 0 aromatic heterocycles. The molecule has 0 N–H and O–H groups in total. The predicted octanol–water partition coefficient (Wildman–Crippen LogP) is 4.59. The van der Waals surface area contributed by atoms with E-state index in [1.165, 1.54) is 6.07 Å². The highest BCUT2D eigenvalue weighted by molar-refractivity contribution is 9.10. The third-order valence-corrected chi connectivity index (χ3v) is 3.27. The number of nitro benzene ring substituents is 1. The van der Waals surface area contributed by atoms with E-state index < -0.39 is 4.92 Å². The highest BCUT2D eigenvalue weighted by Crippen LogP contribution is 2.27. The van der Waals surface area contributed by atoms with Gasteiger partial charge in [-0.05, 0) is 24.3 Å². The van der Waals surface area contributed by atoms with Crippen molar-refractivity contribution in [2.75, 3.05) is 0 Å². The molecule has 0 aliphatic rings. The lowest BCUT2D eigenvalue weighted by atomic mass is 10.2. The van der Waals surface area contributed by atoms with Crippen LogP contribution in [-0.4, -0.2) is 4.92 Å². The van der Waals surface area contributed by atoms with E-state index in [9.17, 15) is 10.1 Å². The Hall–Kier alpha value is -1.59. The number of hydrogen-bond donors (Lipinski definition) is 0. The molecule has 2 aromatic carbocycles. The van der Waals surface area contributed by atoms with Crippen molar-refractivity contribution < 1.29 is 9.66 Å². The van der Waals surface area contributed by atoms with E-state index in [1.54, 1.807) is 36.4 Å². The lowest BCUT2D eigenvalue weighted by molar-refractivity contribution is -0.385. The van der Waals surface area contributed by atoms with Crippen molar-refractivity contribution in [3.63, 3.8) is 0 Å². The molecule has 0 amide bonds. The molecule has 2 rings (SSSR count). The van der Waals surface area contributed by atoms with E-state index in [2.05, 4.69) is 15.9 Å². The molecule has 0 atom stereocenters. The highest BCUT2D eigenvalue weighted by atomic mass is 79.9. The predicted molar refractivity (Wildman–Crippen MR) is 76.6 cm³/mol. The summed E-state index contributed by atoms with van der Waals surface area (Å²) in [5.41, 5.74) is 0.509. The van der Waals surface area contributed by atoms with Gasteiger partial charge >= 0.3 is 0 Å². The number of nitro groups is 1. The summed E-state index contributed by atoms with van der Waals surface area (Å²) < 4.78 is 6.16. The first-order chi connectivity index (χ1) is 9.08. The van der Waals surface area contributed by atoms with E-state index in [4.69, 9.17) is 16.3 Å². The van der Waals surface area contributed by atoms with Gasteiger partial charge in [-0.2, -0.15) is 0 Å². The lowest BCUT2D eigenvalue weighted by Crippen LogP contribution is -2.01. The van der Waals surface area contributed by atoms with Crippen LogP contribution in [0.15, 0.2) is 46.9 Å². The van der Waals surface area contributed by atoms with Crippen molar-refractivity contribution in [1.29, 1.82) is 0 Å². The fourth-order valence-corrected chi connectivity index (χ4v) is 2.09. The normalized spacial score (nSPS) is 10.2. The SMILES string of the molecule is O=[N+]([O-])c1cc(Br)ccc1COc1ccccc1Cl. The van der Waals surface area contributed by atoms with Crippen molar-refractivity contribution in [3.8, 4) is 5.75 Å². The van der Waals surface area contributed by atoms with Gasteiger partial charge in [0.2, 0.25) is 0 Å². The molecule has 0 saturated heterocycles. The van der Waals surface area contributed by atoms with Gasteiger partial charge in [0.15, 0.2) is 0 Å². The van der Waals surface area contributed by atoms with E-state index in [0.29, 0.717) is 20.8 Å². The van der Waals surface area contributed by atoms with Crippen LogP contribution in [-0.2, 0) is 6.61 Å². The van der Waals surface area contributed by atoms with Gasteiger partial charge in [0, 0.05) is 10.5 Å². The maximum atomic E-state index is 11.0. The first-order valence-corrected chi connectivity index (χ1v) is 6.55. The van der Waals surface area contributed by atoms with Crippen LogP contribution < -0.4 is 4.74 Å². The number of ether oxygens (including phenoxy) is 1. The van der Waals surface area contributed by atoms with E-state index in [1.807, 2.05) is 0 Å². The molecule has 0 unspecified atom stereocenters. The van der Waals surface area contributed by atoms with Crippen molar-refractivity contribution in [1.82, 2.24) is 0 Å². The molecule has 0 bridgehead atoms. The minimum absolute atomic E-state index is 0.0152. The quantitative estimate of drug-likeness (QED) is 0.603. The molecule has 19 heavy (non-hydrogen) atoms. The maximum absolute atomic E-state index is 11.0. The second-order valence-corrected chi connectivity index (χ2v) is 5.07. The molecule has 2 aromatic rings. The van der Waals surface area contributed by atoms with Crippen LogP contribution in [0.1, 0.15) is 5.56 Å². The lowest BCUT2D eigenvalue weighted by Gasteiger charge is -2.08. The van der Waals surface area contributed by atoms with E-state index in [0.717, 1.165) is 0 Å². The van der Waals surface area contributed by atoms with E-state index in [-0.39, 0.29) is 12.3 Å². The molecule has 0 aliphatic carbocycles. The molecular formula is C13H9BrClNO3. The van der Waals surface area contributed by atoms with Crippen LogP contribution in [0, 0.1) is 10.1 Å². The number of benzene rings is 2. The Morgan fingerprint density at radius 3 is 2.68 bits per heavy atom. The van der Waals surface area contributed by atoms with Crippen molar-refractivity contribution in [2.24, 2.45) is 0 Å². The monoisotopic (exact) mass is 341 g/mol. The number of nitrogens with zero attached hydrogens (tertiary/aromatic N) is 1. The zero-order valence-corrected chi connectivity index (χ0v) is 12.0. The second-order valence-electron chi connectivity index (χ2n) is 3.75. The van der Waals surface area contributed by atoms with Crippen LogP contribution in [0.25, 0.3) is 0 Å². The molecule has 0 fully saturated rings. The minimum Gasteiger partial charge on any atom is -0.487 e. The Labute approximate surface area is 123 Å². The first kappa shape index (κ1) is 13.8. The molecule has 6 heteroatoms. The van der Waals surface area contributed by atoms with Gasteiger partial charge in [-0.3, -0.25) is 10.1 Å². The first-order valence-electron chi connectivity index (χ1n) is 5.38. The van der Waals surface area contributed by atoms with Crippen LogP contribution >= 0.6 is 27.5 Å². The molecule has 98 valence electrons. The topological polar surface area (TPSA) is 52.4 Å². The van der Waals surface area contributed by atoms with Gasteiger partial charge in [0.1, 0.15) is 12.4 Å². The number of hydrogen-bond acceptors (Lipinski definition) is 3. The molecule has 0 saturated carbocycles. The zero-order valence-electron chi connectivity index (χ0n) is 9.68. The third kappa shape index (κ3) is 3.45. The summed E-state index contributed by atoms with van der Waals surface area (Å²) in [6.45, 7) is 0.0906. The van der Waals surface area contributed by atoms with Crippen molar-refractivity contribution in [2.45, 2.75) is 6.61 Å². The molecule has 0 aliphatic heterocycles. The Balaban J connectivity index is 2.20. The minimum atomic E-state index is -0.434. The zero-order chi connectivity index (χ0) is 13.8. The number of halogens is 2. The summed E-state index contributed by atoms with van der Waals surface area (Å²) in [4.78, 5) is 10.5. The molecular weight excluding hydrogens is 334 g/mol. The Morgan fingerprint density at radius 2 is 2.00 bits per heavy atom. The number of rotatable bonds is 4. The largest absolute Gasteiger partial charge is 0.487 e. The number of para-hydroxylation sites is 1. The van der Waals surface area contributed by atoms with Crippen LogP contribution in [0.4, 0.5) is 5.69 Å². The fraction of sp³-hybridized carbons (Fsp3) is 0.0769. The average molecular weight is 343 g/mol. The summed E-state index contributed by atoms with van der Waals surface area (Å²) >= 11 is 9.16. The molecule has 0 spiro atoms. The van der Waals surface area contributed by atoms with Crippen LogP contribution in [0.3, 0.4) is 0 Å². The summed E-state index contributed by atoms with van der Waals surface area (Å²) in [6.07, 6.45) is 0. The second kappa shape index (κ2) is 6.04. The maximum Gasteiger partial charge on any atom is 0.277 e. The van der Waals surface area contributed by atoms with Crippen molar-refractivity contribution in [3.05, 3.63) is 67.6 Å². The Bertz CT molecular complexity index is 619. The fourth-order valence-electron chi connectivity index (χ4n) is 1.55. The van der Waals surface area contributed by atoms with Gasteiger partial charge < -0.3 is 4.74 Å². The standard InChI is InChI=1S/C13H9BrClNO3/c14-10-6-5-9(12(7-10)16(17)18)8-19-13-4-2-1-3-11(13)15/h1-7H,8H2. The van der Waals surface area contributed by atoms with E-state index >= 15 is 0 Å². The Morgan fingerprint density at radius 1 is 1.26 bits per heavy atom. The van der Waals surface area contributed by atoms with Gasteiger partial charge in [0.25, 0.3) is 5.69 Å². The average Bonchev–Trinajstić information content (AvgIpc) is 2.38. The molecule has 4 nitrogen and oxygen atoms in total. The summed E-state index contributed by atoms with van der Waals surface area (Å²) in [5, 5.41) is 11.4. The highest BCUT2D eigenvalue weighted by Gasteiger charge is 2.14. The summed E-state index contributed by atoms with van der Waals surface area (Å²) in [7, 11) is 0. The van der Waals surface area contributed by atoms with Crippen LogP contribution in [0.5, 0.6) is 5.75 Å². The van der Waals surface area contributed by atoms with Crippen molar-refractivity contribution >= 4 is 33.2 Å². The third-order valence-electron chi connectivity index (χ3n) is 2.46. The van der Waals surface area contributed by atoms with Crippen LogP contribution in [0.2, 0.25) is 5.02 Å². The van der Waals surface area contributed by atoms with Gasteiger partial charge in [-0.25, -0.2) is 0 Å². The van der Waals surface area contributed by atoms with Gasteiger partial charge in [-0.15, -0.1) is 0 Å². The Kier molecular flexibility index (Phi) is 4.39. The van der Waals surface area contributed by atoms with Gasteiger partial charge in [-0.1, -0.05) is 39.7 Å². The molecule has 0 radical (unpaired) electrons. The summed E-state index contributed by atoms with van der Waals surface area (Å²) in [6, 6.07) is 11.8. The van der Waals surface area contributed by atoms with Gasteiger partial charge in [0.05, 0.1) is 15.5 Å². The smallest absolute Gasteiger partial charge is 0.277 e. The molecule has 0 heterocycles. The summed E-state index contributed by atoms with van der Waals surface area (Å²) in [5.74, 6) is 0.501.